The van der Waals surface area contributed by atoms with Crippen molar-refractivity contribution >= 4 is 11.0 Å². The molecule has 8 rings (SSSR count). The van der Waals surface area contributed by atoms with E-state index in [-0.39, 0.29) is 0 Å². The highest BCUT2D eigenvalue weighted by Crippen LogP contribution is 2.38. The Morgan fingerprint density at radius 3 is 1.20 bits per heavy atom. The van der Waals surface area contributed by atoms with Crippen LogP contribution in [0.2, 0.25) is 0 Å². The molecule has 0 aliphatic heterocycles. The van der Waals surface area contributed by atoms with Crippen LogP contribution in [0, 0.1) is 6.33 Å². The first kappa shape index (κ1) is 26.6. The zero-order chi connectivity index (χ0) is 30.0. The van der Waals surface area contributed by atoms with Crippen LogP contribution in [0.3, 0.4) is 0 Å². The lowest BCUT2D eigenvalue weighted by atomic mass is 9.95. The number of hydrogen-bond donors (Lipinski definition) is 0. The Labute approximate surface area is 263 Å². The quantitative estimate of drug-likeness (QED) is 0.138. The van der Waals surface area contributed by atoms with Gasteiger partial charge in [0.2, 0.25) is 0 Å². The van der Waals surface area contributed by atoms with Gasteiger partial charge in [0.25, 0.3) is 6.33 Å². The third-order valence-electron chi connectivity index (χ3n) is 8.42. The van der Waals surface area contributed by atoms with Crippen molar-refractivity contribution in [1.29, 1.82) is 0 Å². The Kier molecular flexibility index (Phi) is 6.86. The molecule has 1 aromatic heterocycles. The summed E-state index contributed by atoms with van der Waals surface area (Å²) in [6, 6.07) is 64.4. The first-order chi connectivity index (χ1) is 22.4. The molecule has 0 saturated carbocycles. The number of aromatic nitrogens is 2. The molecule has 0 aliphatic rings. The van der Waals surface area contributed by atoms with Gasteiger partial charge in [-0.25, -0.2) is 0 Å². The Morgan fingerprint density at radius 2 is 0.733 bits per heavy atom. The summed E-state index contributed by atoms with van der Waals surface area (Å²) >= 11 is 0. The minimum absolute atomic E-state index is 1.08. The average molecular weight is 575 g/mol. The number of nitrogens with zero attached hydrogens (tertiary/aromatic N) is 2. The summed E-state index contributed by atoms with van der Waals surface area (Å²) in [4.78, 5) is 0. The van der Waals surface area contributed by atoms with Crippen LogP contribution < -0.4 is 4.57 Å². The fourth-order valence-corrected chi connectivity index (χ4v) is 6.36. The molecule has 0 atom stereocenters. The maximum atomic E-state index is 3.90. The van der Waals surface area contributed by atoms with Crippen molar-refractivity contribution in [1.82, 2.24) is 4.57 Å². The summed E-state index contributed by atoms with van der Waals surface area (Å²) in [5.41, 5.74) is 13.6. The fraction of sp³-hybridized carbons (Fsp3) is 0. The van der Waals surface area contributed by atoms with Crippen molar-refractivity contribution < 1.29 is 4.57 Å². The van der Waals surface area contributed by atoms with Crippen molar-refractivity contribution in [2.75, 3.05) is 0 Å². The second-order valence-electron chi connectivity index (χ2n) is 11.1. The summed E-state index contributed by atoms with van der Waals surface area (Å²) in [5.74, 6) is 0. The molecule has 0 aliphatic carbocycles. The van der Waals surface area contributed by atoms with Crippen LogP contribution in [-0.2, 0) is 0 Å². The zero-order valence-corrected chi connectivity index (χ0v) is 24.7. The van der Waals surface area contributed by atoms with E-state index in [1.165, 1.54) is 0 Å². The van der Waals surface area contributed by atoms with Gasteiger partial charge in [-0.1, -0.05) is 182 Å². The lowest BCUT2D eigenvalue weighted by molar-refractivity contribution is -0.571. The monoisotopic (exact) mass is 574 g/mol. The van der Waals surface area contributed by atoms with Crippen molar-refractivity contribution in [3.63, 3.8) is 0 Å². The van der Waals surface area contributed by atoms with E-state index in [1.54, 1.807) is 0 Å². The maximum Gasteiger partial charge on any atom is 0.269 e. The largest absolute Gasteiger partial charge is 0.291 e. The van der Waals surface area contributed by atoms with Gasteiger partial charge in [0.05, 0.1) is 22.4 Å². The molecule has 8 aromatic rings. The Bertz CT molecular complexity index is 1960. The van der Waals surface area contributed by atoms with E-state index in [9.17, 15) is 0 Å². The third kappa shape index (κ3) is 4.83. The van der Waals surface area contributed by atoms with E-state index < -0.39 is 0 Å². The number of hydrogen-bond acceptors (Lipinski definition) is 0. The number of fused-ring (bicyclic) bond motifs is 1. The smallest absolute Gasteiger partial charge is 0.269 e. The van der Waals surface area contributed by atoms with Gasteiger partial charge in [0, 0.05) is 0 Å². The molecule has 0 radical (unpaired) electrons. The Hall–Kier alpha value is -5.99. The van der Waals surface area contributed by atoms with E-state index in [0.29, 0.717) is 0 Å². The van der Waals surface area contributed by atoms with Crippen molar-refractivity contribution in [2.45, 2.75) is 0 Å². The van der Waals surface area contributed by atoms with Gasteiger partial charge in [-0.05, 0) is 44.5 Å². The van der Waals surface area contributed by atoms with E-state index in [4.69, 9.17) is 0 Å². The maximum absolute atomic E-state index is 3.90. The molecule has 0 amide bonds. The molecule has 1 heterocycles. The summed E-state index contributed by atoms with van der Waals surface area (Å²) in [6.45, 7) is 0. The molecule has 0 fully saturated rings. The standard InChI is InChI=1S/C43H30N2/c1-5-17-32(18-6-1)36-25-15-26-37(33-19-7-2-8-20-33)42(36)44-31-45(41-30-14-13-29-40(41)44)43-38(34-21-9-3-10-22-34)27-16-28-39(43)35-23-11-4-12-24-35/h1-30H. The Morgan fingerprint density at radius 1 is 0.356 bits per heavy atom. The van der Waals surface area contributed by atoms with Crippen molar-refractivity contribution in [2.24, 2.45) is 0 Å². The topological polar surface area (TPSA) is 8.81 Å². The molecule has 212 valence electrons. The molecule has 0 spiro atoms. The second kappa shape index (κ2) is 11.6. The van der Waals surface area contributed by atoms with E-state index in [1.807, 2.05) is 0 Å². The van der Waals surface area contributed by atoms with Gasteiger partial charge in [0.15, 0.2) is 0 Å². The van der Waals surface area contributed by atoms with Crippen LogP contribution in [0.4, 0.5) is 0 Å². The molecular formula is C43H30N2. The molecule has 0 bridgehead atoms. The van der Waals surface area contributed by atoms with Crippen LogP contribution in [0.5, 0.6) is 0 Å². The normalized spacial score (nSPS) is 11.1. The lowest BCUT2D eigenvalue weighted by Gasteiger charge is -2.18. The molecule has 0 saturated heterocycles. The molecule has 2 heteroatoms. The van der Waals surface area contributed by atoms with Crippen LogP contribution in [0.1, 0.15) is 0 Å². The van der Waals surface area contributed by atoms with Crippen molar-refractivity contribution in [3.8, 4) is 55.9 Å². The van der Waals surface area contributed by atoms with Crippen LogP contribution in [-0.4, -0.2) is 4.57 Å². The van der Waals surface area contributed by atoms with Crippen LogP contribution in [0.15, 0.2) is 182 Å². The lowest BCUT2D eigenvalue weighted by Crippen LogP contribution is -2.31. The highest BCUT2D eigenvalue weighted by molar-refractivity contribution is 5.89. The number of imidazole rings is 1. The van der Waals surface area contributed by atoms with E-state index >= 15 is 0 Å². The predicted octanol–water partition coefficient (Wildman–Crippen LogP) is 10.4. The highest BCUT2D eigenvalue weighted by Gasteiger charge is 2.22. The van der Waals surface area contributed by atoms with E-state index in [2.05, 4.69) is 197 Å². The molecule has 2 nitrogen and oxygen atoms in total. The summed E-state index contributed by atoms with van der Waals surface area (Å²) < 4.78 is 4.52. The van der Waals surface area contributed by atoms with Crippen LogP contribution >= 0.6 is 0 Å². The molecule has 0 N–H and O–H groups in total. The number of rotatable bonds is 6. The third-order valence-corrected chi connectivity index (χ3v) is 8.42. The van der Waals surface area contributed by atoms with Crippen LogP contribution in [0.25, 0.3) is 66.9 Å². The van der Waals surface area contributed by atoms with Gasteiger partial charge in [0.1, 0.15) is 0 Å². The predicted molar refractivity (Wildman–Crippen MR) is 185 cm³/mol. The number of para-hydroxylation sites is 4. The summed E-state index contributed by atoms with van der Waals surface area (Å²) in [7, 11) is 0. The fourth-order valence-electron chi connectivity index (χ4n) is 6.36. The van der Waals surface area contributed by atoms with E-state index in [0.717, 1.165) is 66.9 Å². The summed E-state index contributed by atoms with van der Waals surface area (Å²) in [5, 5.41) is 0. The molecule has 7 aromatic carbocycles. The highest BCUT2D eigenvalue weighted by atomic mass is 15.1. The second-order valence-corrected chi connectivity index (χ2v) is 11.1. The number of benzene rings is 7. The van der Waals surface area contributed by atoms with Gasteiger partial charge in [-0.3, -0.25) is 9.13 Å². The van der Waals surface area contributed by atoms with Gasteiger partial charge < -0.3 is 0 Å². The average Bonchev–Trinajstić information content (AvgIpc) is 3.51. The van der Waals surface area contributed by atoms with Gasteiger partial charge in [-0.15, -0.1) is 0 Å². The molecule has 45 heavy (non-hydrogen) atoms. The first-order valence-electron chi connectivity index (χ1n) is 15.3. The minimum atomic E-state index is 1.08. The molecular weight excluding hydrogens is 544 g/mol. The minimum Gasteiger partial charge on any atom is -0.291 e. The molecule has 0 unspecified atom stereocenters. The zero-order valence-electron chi connectivity index (χ0n) is 24.7. The SMILES string of the molecule is [c-]1n(-c2c(-c3ccccc3)cccc2-c2ccccc2)c2ccccc2[n+]1-c1c(-c2ccccc2)cccc1-c1ccccc1. The van der Waals surface area contributed by atoms with Crippen molar-refractivity contribution in [3.05, 3.63) is 188 Å². The van der Waals surface area contributed by atoms with Gasteiger partial charge >= 0.3 is 0 Å². The first-order valence-corrected chi connectivity index (χ1v) is 15.3. The Balaban J connectivity index is 1.48. The van der Waals surface area contributed by atoms with Gasteiger partial charge in [-0.2, -0.15) is 0 Å². The summed E-state index contributed by atoms with van der Waals surface area (Å²) in [6.07, 6.45) is 3.90.